The number of benzene rings is 2. The summed E-state index contributed by atoms with van der Waals surface area (Å²) in [6.45, 7) is 0. The van der Waals surface area contributed by atoms with Crippen molar-refractivity contribution in [3.05, 3.63) is 58.6 Å². The fraction of sp³-hybridized carbons (Fsp3) is 0.200. The monoisotopic (exact) mass is 472 g/mol. The van der Waals surface area contributed by atoms with Crippen molar-refractivity contribution in [2.75, 3.05) is 11.1 Å². The van der Waals surface area contributed by atoms with E-state index in [0.717, 1.165) is 34.6 Å². The lowest BCUT2D eigenvalue weighted by atomic mass is 10.1. The molecule has 29 heavy (non-hydrogen) atoms. The highest BCUT2D eigenvalue weighted by Gasteiger charge is 2.25. The van der Waals surface area contributed by atoms with Crippen molar-refractivity contribution in [2.45, 2.75) is 24.1 Å². The molecular formula is C20H17BrN4O3S. The molecule has 0 saturated heterocycles. The van der Waals surface area contributed by atoms with E-state index in [-0.39, 0.29) is 23.6 Å². The summed E-state index contributed by atoms with van der Waals surface area (Å²) in [4.78, 5) is 24.7. The summed E-state index contributed by atoms with van der Waals surface area (Å²) in [5.74, 6) is 0.0419. The van der Waals surface area contributed by atoms with Crippen LogP contribution in [0.15, 0.2) is 62.6 Å². The number of nitrogens with one attached hydrogen (secondary N) is 2. The number of thioether (sulfide) groups is 1. The molecule has 0 radical (unpaired) electrons. The highest BCUT2D eigenvalue weighted by Crippen LogP contribution is 2.25. The van der Waals surface area contributed by atoms with E-state index in [4.69, 9.17) is 4.42 Å². The van der Waals surface area contributed by atoms with Crippen molar-refractivity contribution in [1.82, 2.24) is 15.5 Å². The lowest BCUT2D eigenvalue weighted by Gasteiger charge is -2.10. The molecule has 1 heterocycles. The highest BCUT2D eigenvalue weighted by atomic mass is 79.9. The first-order valence-corrected chi connectivity index (χ1v) is 10.8. The van der Waals surface area contributed by atoms with Gasteiger partial charge in [-0.05, 0) is 49.2 Å². The fourth-order valence-electron chi connectivity index (χ4n) is 2.57. The van der Waals surface area contributed by atoms with Crippen LogP contribution in [0.1, 0.15) is 23.2 Å². The Balaban J connectivity index is 1.35. The van der Waals surface area contributed by atoms with Crippen molar-refractivity contribution < 1.29 is 14.0 Å². The third kappa shape index (κ3) is 5.24. The number of para-hydroxylation sites is 1. The van der Waals surface area contributed by atoms with Gasteiger partial charge in [-0.25, -0.2) is 0 Å². The average molecular weight is 473 g/mol. The Morgan fingerprint density at radius 2 is 1.86 bits per heavy atom. The minimum absolute atomic E-state index is 0.0839. The number of anilines is 1. The van der Waals surface area contributed by atoms with E-state index in [1.807, 2.05) is 24.3 Å². The van der Waals surface area contributed by atoms with Gasteiger partial charge in [0.15, 0.2) is 0 Å². The van der Waals surface area contributed by atoms with E-state index in [0.29, 0.717) is 22.4 Å². The molecule has 1 saturated carbocycles. The molecule has 2 aromatic carbocycles. The topological polar surface area (TPSA) is 97.1 Å². The van der Waals surface area contributed by atoms with E-state index in [9.17, 15) is 9.59 Å². The first-order chi connectivity index (χ1) is 14.1. The van der Waals surface area contributed by atoms with Crippen LogP contribution in [0.4, 0.5) is 5.69 Å². The van der Waals surface area contributed by atoms with Gasteiger partial charge in [-0.3, -0.25) is 9.59 Å². The van der Waals surface area contributed by atoms with Gasteiger partial charge in [-0.2, -0.15) is 0 Å². The predicted molar refractivity (Wildman–Crippen MR) is 114 cm³/mol. The number of amides is 2. The van der Waals surface area contributed by atoms with Gasteiger partial charge in [0, 0.05) is 16.1 Å². The van der Waals surface area contributed by atoms with Crippen LogP contribution in [0.5, 0.6) is 0 Å². The molecule has 1 fully saturated rings. The Morgan fingerprint density at radius 3 is 2.62 bits per heavy atom. The molecule has 0 aliphatic heterocycles. The minimum Gasteiger partial charge on any atom is -0.411 e. The van der Waals surface area contributed by atoms with Crippen molar-refractivity contribution in [2.24, 2.45) is 0 Å². The van der Waals surface area contributed by atoms with Gasteiger partial charge >= 0.3 is 0 Å². The number of aromatic nitrogens is 2. The molecule has 2 amide bonds. The lowest BCUT2D eigenvalue weighted by molar-refractivity contribution is -0.113. The second-order valence-electron chi connectivity index (χ2n) is 6.51. The molecule has 0 spiro atoms. The van der Waals surface area contributed by atoms with Gasteiger partial charge in [-0.15, -0.1) is 10.2 Å². The van der Waals surface area contributed by atoms with Crippen molar-refractivity contribution in [3.8, 4) is 11.5 Å². The Bertz CT molecular complexity index is 1030. The lowest BCUT2D eigenvalue weighted by Crippen LogP contribution is -2.27. The van der Waals surface area contributed by atoms with Crippen LogP contribution >= 0.6 is 27.7 Å². The Morgan fingerprint density at radius 1 is 1.10 bits per heavy atom. The summed E-state index contributed by atoms with van der Waals surface area (Å²) in [7, 11) is 0. The molecule has 1 aromatic heterocycles. The Labute approximate surface area is 179 Å². The number of nitrogens with zero attached hydrogens (tertiary/aromatic N) is 2. The standard InChI is InChI=1S/C20H17BrN4O3S/c21-13-7-5-12(6-8-13)19-24-25-20(28-19)29-11-17(26)23-16-4-2-1-3-15(16)18(27)22-14-9-10-14/h1-8,14H,9-11H2,(H,22,27)(H,23,26). The molecule has 1 aliphatic rings. The van der Waals surface area contributed by atoms with Crippen LogP contribution in [0.25, 0.3) is 11.5 Å². The molecule has 7 nitrogen and oxygen atoms in total. The molecular weight excluding hydrogens is 456 g/mol. The maximum atomic E-state index is 12.4. The van der Waals surface area contributed by atoms with Crippen LogP contribution in [0.2, 0.25) is 0 Å². The zero-order valence-corrected chi connectivity index (χ0v) is 17.6. The molecule has 2 N–H and O–H groups in total. The quantitative estimate of drug-likeness (QED) is 0.501. The van der Waals surface area contributed by atoms with Crippen molar-refractivity contribution in [1.29, 1.82) is 0 Å². The number of carbonyl (C=O) groups is 2. The number of hydrogen-bond donors (Lipinski definition) is 2. The van der Waals surface area contributed by atoms with Crippen LogP contribution in [-0.2, 0) is 4.79 Å². The molecule has 9 heteroatoms. The molecule has 0 unspecified atom stereocenters. The zero-order valence-electron chi connectivity index (χ0n) is 15.2. The van der Waals surface area contributed by atoms with Crippen LogP contribution in [-0.4, -0.2) is 33.8 Å². The first kappa shape index (κ1) is 19.7. The van der Waals surface area contributed by atoms with Gasteiger partial charge in [0.25, 0.3) is 11.1 Å². The third-order valence-corrected chi connectivity index (χ3v) is 5.53. The van der Waals surface area contributed by atoms with Crippen LogP contribution in [0.3, 0.4) is 0 Å². The molecule has 4 rings (SSSR count). The van der Waals surface area contributed by atoms with Crippen LogP contribution in [0, 0.1) is 0 Å². The van der Waals surface area contributed by atoms with Crippen LogP contribution < -0.4 is 10.6 Å². The molecule has 148 valence electrons. The average Bonchev–Trinajstić information content (AvgIpc) is 3.41. The highest BCUT2D eigenvalue weighted by molar-refractivity contribution is 9.10. The molecule has 0 bridgehead atoms. The summed E-state index contributed by atoms with van der Waals surface area (Å²) in [6.07, 6.45) is 2.01. The van der Waals surface area contributed by atoms with Gasteiger partial charge in [-0.1, -0.05) is 39.8 Å². The first-order valence-electron chi connectivity index (χ1n) is 9.00. The van der Waals surface area contributed by atoms with E-state index in [1.54, 1.807) is 24.3 Å². The molecule has 1 aliphatic carbocycles. The Kier molecular flexibility index (Phi) is 5.96. The normalized spacial score (nSPS) is 13.1. The van der Waals surface area contributed by atoms with E-state index >= 15 is 0 Å². The maximum absolute atomic E-state index is 12.4. The summed E-state index contributed by atoms with van der Waals surface area (Å²) in [6, 6.07) is 14.7. The maximum Gasteiger partial charge on any atom is 0.277 e. The summed E-state index contributed by atoms with van der Waals surface area (Å²) < 4.78 is 6.56. The summed E-state index contributed by atoms with van der Waals surface area (Å²) in [5.41, 5.74) is 1.73. The second kappa shape index (κ2) is 8.79. The second-order valence-corrected chi connectivity index (χ2v) is 8.35. The smallest absolute Gasteiger partial charge is 0.277 e. The number of carbonyl (C=O) groups excluding carboxylic acids is 2. The van der Waals surface area contributed by atoms with E-state index in [2.05, 4.69) is 36.8 Å². The van der Waals surface area contributed by atoms with Gasteiger partial charge in [0.05, 0.1) is 17.0 Å². The van der Waals surface area contributed by atoms with Gasteiger partial charge in [0.2, 0.25) is 11.8 Å². The zero-order chi connectivity index (χ0) is 20.2. The van der Waals surface area contributed by atoms with E-state index in [1.165, 1.54) is 0 Å². The molecule has 0 atom stereocenters. The number of hydrogen-bond acceptors (Lipinski definition) is 6. The van der Waals surface area contributed by atoms with Gasteiger partial charge in [0.1, 0.15) is 0 Å². The summed E-state index contributed by atoms with van der Waals surface area (Å²) >= 11 is 4.52. The minimum atomic E-state index is -0.259. The van der Waals surface area contributed by atoms with Gasteiger partial charge < -0.3 is 15.1 Å². The summed E-state index contributed by atoms with van der Waals surface area (Å²) in [5, 5.41) is 14.0. The fourth-order valence-corrected chi connectivity index (χ4v) is 3.40. The molecule has 3 aromatic rings. The Hall–Kier alpha value is -2.65. The largest absolute Gasteiger partial charge is 0.411 e. The predicted octanol–water partition coefficient (Wildman–Crippen LogP) is 4.12. The third-order valence-electron chi connectivity index (χ3n) is 4.18. The number of rotatable bonds is 7. The number of halogens is 1. The van der Waals surface area contributed by atoms with Crippen molar-refractivity contribution >= 4 is 45.2 Å². The van der Waals surface area contributed by atoms with E-state index < -0.39 is 0 Å². The van der Waals surface area contributed by atoms with Crippen molar-refractivity contribution in [3.63, 3.8) is 0 Å². The SMILES string of the molecule is O=C(CSc1nnc(-c2ccc(Br)cc2)o1)Nc1ccccc1C(=O)NC1CC1.